The highest BCUT2D eigenvalue weighted by Crippen LogP contribution is 2.26. The minimum Gasteiger partial charge on any atom is -0.493 e. The van der Waals surface area contributed by atoms with Gasteiger partial charge >= 0.3 is 0 Å². The van der Waals surface area contributed by atoms with Gasteiger partial charge in [-0.3, -0.25) is 0 Å². The Morgan fingerprint density at radius 1 is 1.11 bits per heavy atom. The molecule has 0 saturated carbocycles. The van der Waals surface area contributed by atoms with E-state index in [-0.39, 0.29) is 30.1 Å². The predicted octanol–water partition coefficient (Wildman–Crippen LogP) is 3.24. The van der Waals surface area contributed by atoms with Crippen LogP contribution in [0.1, 0.15) is 19.4 Å². The molecule has 0 aliphatic carbocycles. The van der Waals surface area contributed by atoms with Crippen molar-refractivity contribution in [2.75, 3.05) is 27.3 Å². The molecule has 2 aromatic rings. The van der Waals surface area contributed by atoms with E-state index in [1.165, 1.54) is 0 Å². The zero-order valence-corrected chi connectivity index (χ0v) is 19.1. The van der Waals surface area contributed by atoms with Gasteiger partial charge in [-0.25, -0.2) is 9.98 Å². The number of pyridine rings is 1. The topological polar surface area (TPSA) is 77.0 Å². The van der Waals surface area contributed by atoms with Crippen LogP contribution in [0, 0.1) is 0 Å². The zero-order valence-electron chi connectivity index (χ0n) is 16.8. The van der Waals surface area contributed by atoms with Crippen LogP contribution < -0.4 is 24.8 Å². The third-order valence-electron chi connectivity index (χ3n) is 3.73. The molecule has 0 amide bonds. The van der Waals surface area contributed by atoms with E-state index in [9.17, 15) is 0 Å². The number of halogens is 1. The van der Waals surface area contributed by atoms with E-state index in [2.05, 4.69) is 20.6 Å². The first-order valence-corrected chi connectivity index (χ1v) is 8.97. The van der Waals surface area contributed by atoms with E-state index in [4.69, 9.17) is 14.2 Å². The summed E-state index contributed by atoms with van der Waals surface area (Å²) in [6.07, 6.45) is 1.65. The van der Waals surface area contributed by atoms with E-state index in [1.807, 2.05) is 50.2 Å². The summed E-state index contributed by atoms with van der Waals surface area (Å²) in [7, 11) is 3.24. The van der Waals surface area contributed by atoms with Gasteiger partial charge in [-0.05, 0) is 37.6 Å². The SMILES string of the molecule is CCNC(=NCc1ccnc(OC)c1)NCC(C)Oc1ccccc1OC.I. The number of hydrogen-bond acceptors (Lipinski definition) is 5. The summed E-state index contributed by atoms with van der Waals surface area (Å²) in [5.74, 6) is 2.75. The first-order valence-electron chi connectivity index (χ1n) is 8.97. The van der Waals surface area contributed by atoms with E-state index in [0.717, 1.165) is 29.6 Å². The number of nitrogens with one attached hydrogen (secondary N) is 2. The third-order valence-corrected chi connectivity index (χ3v) is 3.73. The van der Waals surface area contributed by atoms with Crippen molar-refractivity contribution in [3.05, 3.63) is 48.2 Å². The molecule has 0 saturated heterocycles. The summed E-state index contributed by atoms with van der Waals surface area (Å²) in [5, 5.41) is 6.54. The molecule has 2 rings (SSSR count). The largest absolute Gasteiger partial charge is 0.493 e. The average molecular weight is 500 g/mol. The number of ether oxygens (including phenoxy) is 3. The summed E-state index contributed by atoms with van der Waals surface area (Å²) in [6, 6.07) is 11.4. The van der Waals surface area contributed by atoms with E-state index in [1.54, 1.807) is 20.4 Å². The summed E-state index contributed by atoms with van der Waals surface area (Å²) in [5.41, 5.74) is 1.03. The Morgan fingerprint density at radius 2 is 1.86 bits per heavy atom. The van der Waals surface area contributed by atoms with Gasteiger partial charge in [-0.1, -0.05) is 12.1 Å². The fourth-order valence-corrected chi connectivity index (χ4v) is 2.39. The van der Waals surface area contributed by atoms with Gasteiger partial charge in [0, 0.05) is 18.8 Å². The first-order chi connectivity index (χ1) is 13.2. The van der Waals surface area contributed by atoms with Gasteiger partial charge in [-0.2, -0.15) is 0 Å². The Labute approximate surface area is 183 Å². The molecular weight excluding hydrogens is 471 g/mol. The molecule has 1 heterocycles. The fourth-order valence-electron chi connectivity index (χ4n) is 2.39. The van der Waals surface area contributed by atoms with Crippen LogP contribution >= 0.6 is 24.0 Å². The van der Waals surface area contributed by atoms with Gasteiger partial charge in [0.05, 0.1) is 27.3 Å². The Morgan fingerprint density at radius 3 is 2.54 bits per heavy atom. The fraction of sp³-hybridized carbons (Fsp3) is 0.400. The molecule has 1 atom stereocenters. The molecule has 8 heteroatoms. The smallest absolute Gasteiger partial charge is 0.213 e. The Balaban J connectivity index is 0.00000392. The van der Waals surface area contributed by atoms with Crippen LogP contribution in [0.2, 0.25) is 0 Å². The number of nitrogens with zero attached hydrogens (tertiary/aromatic N) is 2. The summed E-state index contributed by atoms with van der Waals surface area (Å²) in [6.45, 7) is 5.92. The van der Waals surface area contributed by atoms with Gasteiger partial charge in [0.1, 0.15) is 6.10 Å². The lowest BCUT2D eigenvalue weighted by Gasteiger charge is -2.19. The molecule has 0 fully saturated rings. The van der Waals surface area contributed by atoms with Crippen molar-refractivity contribution in [3.8, 4) is 17.4 Å². The molecule has 1 unspecified atom stereocenters. The second-order valence-corrected chi connectivity index (χ2v) is 5.86. The van der Waals surface area contributed by atoms with Gasteiger partial charge < -0.3 is 24.8 Å². The lowest BCUT2D eigenvalue weighted by atomic mass is 10.3. The van der Waals surface area contributed by atoms with Crippen molar-refractivity contribution in [2.24, 2.45) is 4.99 Å². The highest BCUT2D eigenvalue weighted by Gasteiger charge is 2.09. The minimum absolute atomic E-state index is 0. The molecule has 0 bridgehead atoms. The molecule has 28 heavy (non-hydrogen) atoms. The highest BCUT2D eigenvalue weighted by molar-refractivity contribution is 14.0. The number of methoxy groups -OCH3 is 2. The van der Waals surface area contributed by atoms with Crippen molar-refractivity contribution in [2.45, 2.75) is 26.5 Å². The van der Waals surface area contributed by atoms with E-state index < -0.39 is 0 Å². The van der Waals surface area contributed by atoms with Crippen molar-refractivity contribution >= 4 is 29.9 Å². The number of benzene rings is 1. The molecule has 1 aromatic carbocycles. The second-order valence-electron chi connectivity index (χ2n) is 5.86. The van der Waals surface area contributed by atoms with Crippen LogP contribution in [-0.2, 0) is 6.54 Å². The molecule has 2 N–H and O–H groups in total. The molecule has 0 aliphatic rings. The number of aliphatic imine (C=N–C) groups is 1. The van der Waals surface area contributed by atoms with Crippen LogP contribution in [0.5, 0.6) is 17.4 Å². The summed E-state index contributed by atoms with van der Waals surface area (Å²) < 4.78 is 16.4. The van der Waals surface area contributed by atoms with Gasteiger partial charge in [0.15, 0.2) is 17.5 Å². The minimum atomic E-state index is -0.0637. The van der Waals surface area contributed by atoms with Gasteiger partial charge in [-0.15, -0.1) is 24.0 Å². The summed E-state index contributed by atoms with van der Waals surface area (Å²) in [4.78, 5) is 8.71. The van der Waals surface area contributed by atoms with Crippen LogP contribution in [0.25, 0.3) is 0 Å². The lowest BCUT2D eigenvalue weighted by molar-refractivity contribution is 0.213. The maximum Gasteiger partial charge on any atom is 0.213 e. The Bertz CT molecular complexity index is 743. The number of hydrogen-bond donors (Lipinski definition) is 2. The lowest BCUT2D eigenvalue weighted by Crippen LogP contribution is -2.41. The van der Waals surface area contributed by atoms with Crippen molar-refractivity contribution in [1.82, 2.24) is 15.6 Å². The van der Waals surface area contributed by atoms with Crippen molar-refractivity contribution in [1.29, 1.82) is 0 Å². The van der Waals surface area contributed by atoms with Gasteiger partial charge in [0.25, 0.3) is 0 Å². The predicted molar refractivity (Wildman–Crippen MR) is 122 cm³/mol. The third kappa shape index (κ3) is 7.79. The number of guanidine groups is 1. The first kappa shape index (κ1) is 23.8. The zero-order chi connectivity index (χ0) is 19.5. The average Bonchev–Trinajstić information content (AvgIpc) is 2.70. The molecular formula is C20H29IN4O3. The maximum absolute atomic E-state index is 5.96. The quantitative estimate of drug-likeness (QED) is 0.313. The van der Waals surface area contributed by atoms with Crippen molar-refractivity contribution < 1.29 is 14.2 Å². The highest BCUT2D eigenvalue weighted by atomic mass is 127. The molecule has 0 aliphatic heterocycles. The van der Waals surface area contributed by atoms with Crippen LogP contribution in [0.15, 0.2) is 47.6 Å². The number of rotatable bonds is 9. The number of para-hydroxylation sites is 2. The molecule has 7 nitrogen and oxygen atoms in total. The standard InChI is InChI=1S/C20H28N4O3.HI/c1-5-21-20(24-14-16-10-11-22-19(12-16)26-4)23-13-15(2)27-18-9-7-6-8-17(18)25-3;/h6-12,15H,5,13-14H2,1-4H3,(H2,21,23,24);1H. The van der Waals surface area contributed by atoms with Gasteiger partial charge in [0.2, 0.25) is 5.88 Å². The van der Waals surface area contributed by atoms with Crippen molar-refractivity contribution in [3.63, 3.8) is 0 Å². The maximum atomic E-state index is 5.96. The van der Waals surface area contributed by atoms with E-state index >= 15 is 0 Å². The summed E-state index contributed by atoms with van der Waals surface area (Å²) >= 11 is 0. The molecule has 154 valence electrons. The van der Waals surface area contributed by atoms with E-state index in [0.29, 0.717) is 19.0 Å². The molecule has 0 radical (unpaired) electrons. The normalized spacial score (nSPS) is 11.8. The Hall–Kier alpha value is -2.23. The van der Waals surface area contributed by atoms with Crippen LogP contribution in [0.4, 0.5) is 0 Å². The monoisotopic (exact) mass is 500 g/mol. The van der Waals surface area contributed by atoms with Crippen LogP contribution in [0.3, 0.4) is 0 Å². The Kier molecular flexibility index (Phi) is 11.1. The van der Waals surface area contributed by atoms with Crippen LogP contribution in [-0.4, -0.2) is 44.4 Å². The second kappa shape index (κ2) is 13.0. The molecule has 1 aromatic heterocycles. The molecule has 0 spiro atoms. The number of aromatic nitrogens is 1.